The Hall–Kier alpha value is -2.71. The summed E-state index contributed by atoms with van der Waals surface area (Å²) in [7, 11) is -3.94. The number of fused-ring (bicyclic) bond motifs is 1. The average Bonchev–Trinajstić information content (AvgIpc) is 2.73. The molecule has 0 saturated heterocycles. The Kier molecular flexibility index (Phi) is 6.89. The molecule has 30 heavy (non-hydrogen) atoms. The molecule has 0 fully saturated rings. The first kappa shape index (κ1) is 22.0. The molecular formula is C22H27N3O4S. The van der Waals surface area contributed by atoms with Gasteiger partial charge >= 0.3 is 0 Å². The number of aryl methyl sites for hydroxylation is 1. The van der Waals surface area contributed by atoms with Crippen LogP contribution in [0.2, 0.25) is 0 Å². The zero-order valence-electron chi connectivity index (χ0n) is 17.1. The third-order valence-electron chi connectivity index (χ3n) is 5.18. The lowest BCUT2D eigenvalue weighted by Gasteiger charge is -2.22. The van der Waals surface area contributed by atoms with Gasteiger partial charge in [-0.2, -0.15) is 4.72 Å². The molecule has 160 valence electrons. The van der Waals surface area contributed by atoms with Gasteiger partial charge in [0, 0.05) is 18.2 Å². The zero-order chi connectivity index (χ0) is 21.7. The molecule has 2 aromatic rings. The van der Waals surface area contributed by atoms with Crippen LogP contribution in [0.25, 0.3) is 0 Å². The first-order chi connectivity index (χ1) is 14.3. The molecule has 0 aliphatic carbocycles. The van der Waals surface area contributed by atoms with E-state index < -0.39 is 16.1 Å². The molecule has 7 nitrogen and oxygen atoms in total. The normalized spacial score (nSPS) is 15.6. The van der Waals surface area contributed by atoms with Gasteiger partial charge in [0.15, 0.2) is 0 Å². The number of hydrogen-bond acceptors (Lipinski definition) is 4. The summed E-state index contributed by atoms with van der Waals surface area (Å²) in [5.41, 5.74) is 2.25. The predicted molar refractivity (Wildman–Crippen MR) is 116 cm³/mol. The average molecular weight is 430 g/mol. The first-order valence-electron chi connectivity index (χ1n) is 10.1. The van der Waals surface area contributed by atoms with E-state index in [2.05, 4.69) is 15.4 Å². The Morgan fingerprint density at radius 2 is 1.87 bits per heavy atom. The van der Waals surface area contributed by atoms with Crippen molar-refractivity contribution in [2.45, 2.75) is 56.5 Å². The second-order valence-electron chi connectivity index (χ2n) is 7.55. The quantitative estimate of drug-likeness (QED) is 0.599. The fourth-order valence-electron chi connectivity index (χ4n) is 3.27. The van der Waals surface area contributed by atoms with Crippen molar-refractivity contribution >= 4 is 27.5 Å². The van der Waals surface area contributed by atoms with Crippen molar-refractivity contribution in [3.05, 3.63) is 59.7 Å². The third-order valence-corrected chi connectivity index (χ3v) is 6.65. The lowest BCUT2D eigenvalue weighted by molar-refractivity contribution is -0.123. The highest BCUT2D eigenvalue weighted by molar-refractivity contribution is 7.89. The minimum Gasteiger partial charge on any atom is -0.352 e. The van der Waals surface area contributed by atoms with Gasteiger partial charge in [0.05, 0.1) is 4.90 Å². The van der Waals surface area contributed by atoms with Crippen molar-refractivity contribution in [1.82, 2.24) is 10.0 Å². The molecule has 0 spiro atoms. The number of hydrogen-bond donors (Lipinski definition) is 3. The van der Waals surface area contributed by atoms with Crippen LogP contribution >= 0.6 is 0 Å². The van der Waals surface area contributed by atoms with Crippen LogP contribution in [0, 0.1) is 0 Å². The molecule has 0 aromatic heterocycles. The Morgan fingerprint density at radius 3 is 2.57 bits per heavy atom. The first-order valence-corrected chi connectivity index (χ1v) is 11.6. The Labute approximate surface area is 177 Å². The fraction of sp³-hybridized carbons (Fsp3) is 0.364. The fourth-order valence-corrected chi connectivity index (χ4v) is 4.51. The van der Waals surface area contributed by atoms with Gasteiger partial charge in [-0.25, -0.2) is 8.42 Å². The molecule has 1 heterocycles. The van der Waals surface area contributed by atoms with Crippen LogP contribution < -0.4 is 15.4 Å². The number of carbonyl (C=O) groups excluding carboxylic acids is 2. The smallest absolute Gasteiger partial charge is 0.241 e. The standard InChI is InChI=1S/C22H27N3O4S/c1-3-15(2)23-22(27)20(13-16-7-5-4-6-8-16)25-30(28,29)18-10-11-19-17(14-18)9-12-21(26)24-19/h4-8,10-11,14-15,20,25H,3,9,12-13H2,1-2H3,(H,23,27)(H,24,26)/t15-,20+/m1/s1. The van der Waals surface area contributed by atoms with Gasteiger partial charge in [0.1, 0.15) is 6.04 Å². The second-order valence-corrected chi connectivity index (χ2v) is 9.26. The van der Waals surface area contributed by atoms with Crippen LogP contribution in [0.3, 0.4) is 0 Å². The molecule has 0 bridgehead atoms. The van der Waals surface area contributed by atoms with Crippen LogP contribution in [0.1, 0.15) is 37.8 Å². The highest BCUT2D eigenvalue weighted by Gasteiger charge is 2.28. The summed E-state index contributed by atoms with van der Waals surface area (Å²) in [5, 5.41) is 5.61. The van der Waals surface area contributed by atoms with E-state index in [0.717, 1.165) is 17.5 Å². The zero-order valence-corrected chi connectivity index (χ0v) is 18.0. The van der Waals surface area contributed by atoms with E-state index >= 15 is 0 Å². The second kappa shape index (κ2) is 9.40. The molecule has 3 rings (SSSR count). The number of carbonyl (C=O) groups is 2. The molecule has 8 heteroatoms. The summed E-state index contributed by atoms with van der Waals surface area (Å²) in [5.74, 6) is -0.442. The van der Waals surface area contributed by atoms with Crippen molar-refractivity contribution in [1.29, 1.82) is 0 Å². The summed E-state index contributed by atoms with van der Waals surface area (Å²) < 4.78 is 28.7. The van der Waals surface area contributed by atoms with Crippen LogP contribution in [0.5, 0.6) is 0 Å². The molecule has 3 N–H and O–H groups in total. The summed E-state index contributed by atoms with van der Waals surface area (Å²) in [6.07, 6.45) is 1.78. The molecule has 2 amide bonds. The van der Waals surface area contributed by atoms with Gasteiger partial charge in [-0.15, -0.1) is 0 Å². The summed E-state index contributed by atoms with van der Waals surface area (Å²) >= 11 is 0. The van der Waals surface area contributed by atoms with Crippen LogP contribution in [0.4, 0.5) is 5.69 Å². The molecule has 0 saturated carbocycles. The van der Waals surface area contributed by atoms with Crippen LogP contribution in [-0.2, 0) is 32.5 Å². The number of nitrogens with one attached hydrogen (secondary N) is 3. The van der Waals surface area contributed by atoms with Crippen molar-refractivity contribution < 1.29 is 18.0 Å². The number of rotatable bonds is 8. The number of sulfonamides is 1. The van der Waals surface area contributed by atoms with E-state index in [4.69, 9.17) is 0 Å². The maximum absolute atomic E-state index is 13.1. The minimum absolute atomic E-state index is 0.0624. The van der Waals surface area contributed by atoms with E-state index in [1.807, 2.05) is 44.2 Å². The van der Waals surface area contributed by atoms with Crippen molar-refractivity contribution in [2.24, 2.45) is 0 Å². The monoisotopic (exact) mass is 429 g/mol. The third kappa shape index (κ3) is 5.46. The number of benzene rings is 2. The number of anilines is 1. The highest BCUT2D eigenvalue weighted by Crippen LogP contribution is 2.25. The van der Waals surface area contributed by atoms with E-state index in [9.17, 15) is 18.0 Å². The van der Waals surface area contributed by atoms with Crippen LogP contribution in [0.15, 0.2) is 53.4 Å². The van der Waals surface area contributed by atoms with Crippen LogP contribution in [-0.4, -0.2) is 32.3 Å². The molecule has 0 radical (unpaired) electrons. The summed E-state index contributed by atoms with van der Waals surface area (Å²) in [6, 6.07) is 12.9. The van der Waals surface area contributed by atoms with E-state index in [-0.39, 0.29) is 29.2 Å². The molecule has 0 unspecified atom stereocenters. The van der Waals surface area contributed by atoms with Crippen molar-refractivity contribution in [3.63, 3.8) is 0 Å². The van der Waals surface area contributed by atoms with E-state index in [1.165, 1.54) is 6.07 Å². The molecular weight excluding hydrogens is 402 g/mol. The molecule has 2 atom stereocenters. The van der Waals surface area contributed by atoms with Gasteiger partial charge in [0.2, 0.25) is 21.8 Å². The van der Waals surface area contributed by atoms with Gasteiger partial charge in [-0.05, 0) is 55.5 Å². The van der Waals surface area contributed by atoms with Crippen molar-refractivity contribution in [3.8, 4) is 0 Å². The Bertz CT molecular complexity index is 1020. The Morgan fingerprint density at radius 1 is 1.13 bits per heavy atom. The van der Waals surface area contributed by atoms with Gasteiger partial charge in [-0.3, -0.25) is 9.59 Å². The molecule has 1 aliphatic heterocycles. The lowest BCUT2D eigenvalue weighted by Crippen LogP contribution is -2.50. The summed E-state index contributed by atoms with van der Waals surface area (Å²) in [6.45, 7) is 3.83. The van der Waals surface area contributed by atoms with Gasteiger partial charge in [0.25, 0.3) is 0 Å². The lowest BCUT2D eigenvalue weighted by atomic mass is 10.0. The highest BCUT2D eigenvalue weighted by atomic mass is 32.2. The maximum Gasteiger partial charge on any atom is 0.241 e. The maximum atomic E-state index is 13.1. The SMILES string of the molecule is CC[C@@H](C)NC(=O)[C@H](Cc1ccccc1)NS(=O)(=O)c1ccc2c(c1)CCC(=O)N2. The molecule has 2 aromatic carbocycles. The summed E-state index contributed by atoms with van der Waals surface area (Å²) in [4.78, 5) is 24.4. The van der Waals surface area contributed by atoms with E-state index in [1.54, 1.807) is 12.1 Å². The van der Waals surface area contributed by atoms with E-state index in [0.29, 0.717) is 18.5 Å². The topological polar surface area (TPSA) is 104 Å². The van der Waals surface area contributed by atoms with Crippen molar-refractivity contribution in [2.75, 3.05) is 5.32 Å². The minimum atomic E-state index is -3.94. The predicted octanol–water partition coefficient (Wildman–Crippen LogP) is 2.38. The van der Waals surface area contributed by atoms with Gasteiger partial charge in [-0.1, -0.05) is 37.3 Å². The van der Waals surface area contributed by atoms with Gasteiger partial charge < -0.3 is 10.6 Å². The molecule has 1 aliphatic rings. The number of amides is 2. The Balaban J connectivity index is 1.84. The largest absolute Gasteiger partial charge is 0.352 e.